The molecule has 23 heavy (non-hydrogen) atoms. The highest BCUT2D eigenvalue weighted by Crippen LogP contribution is 2.33. The Morgan fingerprint density at radius 3 is 2.17 bits per heavy atom. The predicted molar refractivity (Wildman–Crippen MR) is 90.2 cm³/mol. The maximum Gasteiger partial charge on any atom is 0.339 e. The molecular weight excluding hydrogens is 288 g/mol. The molecular formula is C20H20O3. The lowest BCUT2D eigenvalue weighted by atomic mass is 9.80. The van der Waals surface area contributed by atoms with E-state index in [2.05, 4.69) is 6.58 Å². The van der Waals surface area contributed by atoms with Gasteiger partial charge in [-0.25, -0.2) is 4.79 Å². The summed E-state index contributed by atoms with van der Waals surface area (Å²) in [5.74, 6) is -0.738. The molecule has 0 aromatic heterocycles. The van der Waals surface area contributed by atoms with Crippen molar-refractivity contribution in [3.8, 4) is 5.75 Å². The summed E-state index contributed by atoms with van der Waals surface area (Å²) in [6.45, 7) is 5.83. The molecule has 0 unspecified atom stereocenters. The van der Waals surface area contributed by atoms with Gasteiger partial charge in [-0.15, -0.1) is 0 Å². The van der Waals surface area contributed by atoms with E-state index in [0.29, 0.717) is 17.7 Å². The lowest BCUT2D eigenvalue weighted by Crippen LogP contribution is -2.23. The molecule has 0 N–H and O–H groups in total. The summed E-state index contributed by atoms with van der Waals surface area (Å²) in [6.07, 6.45) is 1.51. The SMILES string of the molecule is C=C(C(=O)Oc1ccccc1)[C@H](c1ccccc1)[C@H](C=O)CC. The van der Waals surface area contributed by atoms with Crippen LogP contribution in [-0.2, 0) is 9.59 Å². The normalized spacial score (nSPS) is 12.9. The van der Waals surface area contributed by atoms with Crippen LogP contribution in [0.15, 0.2) is 72.8 Å². The summed E-state index contributed by atoms with van der Waals surface area (Å²) >= 11 is 0. The quantitative estimate of drug-likeness (QED) is 0.334. The summed E-state index contributed by atoms with van der Waals surface area (Å²) in [5, 5.41) is 0. The molecule has 2 atom stereocenters. The van der Waals surface area contributed by atoms with Gasteiger partial charge in [-0.3, -0.25) is 0 Å². The lowest BCUT2D eigenvalue weighted by molar-refractivity contribution is -0.130. The number of hydrogen-bond donors (Lipinski definition) is 0. The van der Waals surface area contributed by atoms with Gasteiger partial charge in [-0.2, -0.15) is 0 Å². The van der Waals surface area contributed by atoms with E-state index in [4.69, 9.17) is 4.74 Å². The van der Waals surface area contributed by atoms with E-state index in [1.807, 2.05) is 43.3 Å². The molecule has 0 aliphatic carbocycles. The molecule has 0 saturated heterocycles. The average molecular weight is 308 g/mol. The van der Waals surface area contributed by atoms with Crippen LogP contribution in [0.4, 0.5) is 0 Å². The maximum absolute atomic E-state index is 12.4. The Hall–Kier alpha value is -2.68. The van der Waals surface area contributed by atoms with Gasteiger partial charge >= 0.3 is 5.97 Å². The molecule has 0 saturated carbocycles. The summed E-state index contributed by atoms with van der Waals surface area (Å²) in [6, 6.07) is 18.3. The minimum absolute atomic E-state index is 0.291. The van der Waals surface area contributed by atoms with Crippen LogP contribution in [0, 0.1) is 5.92 Å². The summed E-state index contributed by atoms with van der Waals surface area (Å²) < 4.78 is 5.36. The van der Waals surface area contributed by atoms with E-state index in [0.717, 1.165) is 11.8 Å². The Kier molecular flexibility index (Phi) is 5.87. The van der Waals surface area contributed by atoms with Crippen molar-refractivity contribution >= 4 is 12.3 Å². The molecule has 3 nitrogen and oxygen atoms in total. The van der Waals surface area contributed by atoms with Crippen molar-refractivity contribution in [2.45, 2.75) is 19.3 Å². The monoisotopic (exact) mass is 308 g/mol. The van der Waals surface area contributed by atoms with Gasteiger partial charge in [0.05, 0.1) is 0 Å². The highest BCUT2D eigenvalue weighted by Gasteiger charge is 2.29. The van der Waals surface area contributed by atoms with Crippen molar-refractivity contribution in [1.82, 2.24) is 0 Å². The zero-order valence-corrected chi connectivity index (χ0v) is 13.1. The molecule has 2 aromatic carbocycles. The first kappa shape index (κ1) is 16.7. The number of para-hydroxylation sites is 1. The molecule has 0 fully saturated rings. The fourth-order valence-electron chi connectivity index (χ4n) is 2.57. The first-order chi connectivity index (χ1) is 11.2. The number of rotatable bonds is 7. The van der Waals surface area contributed by atoms with Crippen LogP contribution in [0.25, 0.3) is 0 Å². The Labute approximate surface area is 136 Å². The van der Waals surface area contributed by atoms with E-state index >= 15 is 0 Å². The smallest absolute Gasteiger partial charge is 0.339 e. The zero-order valence-electron chi connectivity index (χ0n) is 13.1. The number of carbonyl (C=O) groups excluding carboxylic acids is 2. The number of hydrogen-bond acceptors (Lipinski definition) is 3. The van der Waals surface area contributed by atoms with Crippen LogP contribution in [-0.4, -0.2) is 12.3 Å². The van der Waals surface area contributed by atoms with Gasteiger partial charge in [-0.05, 0) is 24.1 Å². The molecule has 0 spiro atoms. The van der Waals surface area contributed by atoms with Crippen LogP contribution in [0.1, 0.15) is 24.8 Å². The van der Waals surface area contributed by atoms with Gasteiger partial charge < -0.3 is 9.53 Å². The second-order valence-corrected chi connectivity index (χ2v) is 5.32. The van der Waals surface area contributed by atoms with Crippen LogP contribution < -0.4 is 4.74 Å². The van der Waals surface area contributed by atoms with E-state index in [-0.39, 0.29) is 11.8 Å². The number of benzene rings is 2. The summed E-state index contributed by atoms with van der Waals surface area (Å²) in [5.41, 5.74) is 1.18. The Balaban J connectivity index is 2.26. The van der Waals surface area contributed by atoms with Crippen molar-refractivity contribution in [3.05, 3.63) is 78.4 Å². The van der Waals surface area contributed by atoms with Crippen LogP contribution >= 0.6 is 0 Å². The Morgan fingerprint density at radius 2 is 1.65 bits per heavy atom. The molecule has 2 rings (SSSR count). The molecule has 0 aliphatic rings. The predicted octanol–water partition coefficient (Wildman–Crippen LogP) is 4.16. The standard InChI is InChI=1S/C20H20O3/c1-3-16(14-21)19(17-10-6-4-7-11-17)15(2)20(22)23-18-12-8-5-9-13-18/h4-14,16,19H,2-3H2,1H3/t16-,19-/m0/s1. The number of aldehydes is 1. The minimum Gasteiger partial charge on any atom is -0.423 e. The maximum atomic E-state index is 12.4. The largest absolute Gasteiger partial charge is 0.423 e. The van der Waals surface area contributed by atoms with E-state index in [9.17, 15) is 9.59 Å². The van der Waals surface area contributed by atoms with E-state index in [1.54, 1.807) is 24.3 Å². The second-order valence-electron chi connectivity index (χ2n) is 5.32. The van der Waals surface area contributed by atoms with Crippen molar-refractivity contribution in [2.75, 3.05) is 0 Å². The molecule has 0 aliphatic heterocycles. The highest BCUT2D eigenvalue weighted by atomic mass is 16.5. The van der Waals surface area contributed by atoms with Crippen molar-refractivity contribution in [2.24, 2.45) is 5.92 Å². The Bertz CT molecular complexity index is 662. The van der Waals surface area contributed by atoms with Gasteiger partial charge in [0.1, 0.15) is 12.0 Å². The van der Waals surface area contributed by atoms with E-state index < -0.39 is 5.97 Å². The molecule has 0 amide bonds. The van der Waals surface area contributed by atoms with Crippen LogP contribution in [0.5, 0.6) is 5.75 Å². The van der Waals surface area contributed by atoms with E-state index in [1.165, 1.54) is 0 Å². The summed E-state index contributed by atoms with van der Waals surface area (Å²) in [4.78, 5) is 23.9. The first-order valence-electron chi connectivity index (χ1n) is 7.63. The first-order valence-corrected chi connectivity index (χ1v) is 7.63. The van der Waals surface area contributed by atoms with Crippen molar-refractivity contribution < 1.29 is 14.3 Å². The zero-order chi connectivity index (χ0) is 16.7. The third kappa shape index (κ3) is 4.16. The van der Waals surface area contributed by atoms with Gasteiger partial charge in [0, 0.05) is 17.4 Å². The third-order valence-electron chi connectivity index (χ3n) is 3.82. The van der Waals surface area contributed by atoms with Crippen molar-refractivity contribution in [3.63, 3.8) is 0 Å². The lowest BCUT2D eigenvalue weighted by Gasteiger charge is -2.23. The second kappa shape index (κ2) is 8.08. The molecule has 118 valence electrons. The molecule has 2 aromatic rings. The highest BCUT2D eigenvalue weighted by molar-refractivity contribution is 5.92. The third-order valence-corrected chi connectivity index (χ3v) is 3.82. The average Bonchev–Trinajstić information content (AvgIpc) is 2.60. The van der Waals surface area contributed by atoms with Gasteiger partial charge in [0.15, 0.2) is 0 Å². The molecule has 0 heterocycles. The fraction of sp³-hybridized carbons (Fsp3) is 0.200. The van der Waals surface area contributed by atoms with Crippen LogP contribution in [0.3, 0.4) is 0 Å². The Morgan fingerprint density at radius 1 is 1.09 bits per heavy atom. The van der Waals surface area contributed by atoms with Crippen LogP contribution in [0.2, 0.25) is 0 Å². The topological polar surface area (TPSA) is 43.4 Å². The minimum atomic E-state index is -0.509. The van der Waals surface area contributed by atoms with Gasteiger partial charge in [0.2, 0.25) is 0 Å². The van der Waals surface area contributed by atoms with Crippen molar-refractivity contribution in [1.29, 1.82) is 0 Å². The number of carbonyl (C=O) groups is 2. The molecule has 0 radical (unpaired) electrons. The number of esters is 1. The fourth-order valence-corrected chi connectivity index (χ4v) is 2.57. The molecule has 3 heteroatoms. The summed E-state index contributed by atoms with van der Waals surface area (Å²) in [7, 11) is 0. The molecule has 0 bridgehead atoms. The number of ether oxygens (including phenoxy) is 1. The van der Waals surface area contributed by atoms with Gasteiger partial charge in [0.25, 0.3) is 0 Å². The van der Waals surface area contributed by atoms with Gasteiger partial charge in [-0.1, -0.05) is 62.0 Å².